The van der Waals surface area contributed by atoms with E-state index in [1.165, 1.54) is 6.92 Å². The van der Waals surface area contributed by atoms with Crippen molar-refractivity contribution in [2.24, 2.45) is 5.11 Å². The molecule has 1 N–H and O–H groups in total. The predicted molar refractivity (Wildman–Crippen MR) is 41.4 cm³/mol. The van der Waals surface area contributed by atoms with Crippen LogP contribution in [0.2, 0.25) is 0 Å². The molecule has 0 radical (unpaired) electrons. The topological polar surface area (TPSA) is 87.1 Å². The zero-order chi connectivity index (χ0) is 8.97. The summed E-state index contributed by atoms with van der Waals surface area (Å²) in [6.07, 6.45) is -0.307. The first-order valence-electron chi connectivity index (χ1n) is 3.66. The molecule has 6 heteroatoms. The van der Waals surface area contributed by atoms with Gasteiger partial charge in [0.2, 0.25) is 0 Å². The Bertz CT molecular complexity index is 224. The van der Waals surface area contributed by atoms with Crippen molar-refractivity contribution >= 4 is 5.97 Å². The fourth-order valence-electron chi connectivity index (χ4n) is 1.16. The molecule has 1 fully saturated rings. The van der Waals surface area contributed by atoms with Crippen LogP contribution in [-0.2, 0) is 9.53 Å². The van der Waals surface area contributed by atoms with E-state index < -0.39 is 0 Å². The SMILES string of the molecule is CC(=O)O[C@@H]1CNC[C@@H]1N=[N+]=[N-]. The quantitative estimate of drug-likeness (QED) is 0.278. The van der Waals surface area contributed by atoms with Gasteiger partial charge in [0.25, 0.3) is 0 Å². The van der Waals surface area contributed by atoms with Crippen molar-refractivity contribution in [2.75, 3.05) is 13.1 Å². The average Bonchev–Trinajstić information content (AvgIpc) is 2.37. The number of carbonyl (C=O) groups is 1. The lowest BCUT2D eigenvalue weighted by molar-refractivity contribution is -0.145. The van der Waals surface area contributed by atoms with E-state index in [0.29, 0.717) is 13.1 Å². The van der Waals surface area contributed by atoms with E-state index >= 15 is 0 Å². The van der Waals surface area contributed by atoms with Gasteiger partial charge in [0.05, 0.1) is 6.04 Å². The molecule has 2 atom stereocenters. The van der Waals surface area contributed by atoms with E-state index in [2.05, 4.69) is 15.3 Å². The third-order valence-corrected chi connectivity index (χ3v) is 1.65. The Balaban J connectivity index is 2.51. The van der Waals surface area contributed by atoms with E-state index in [1.54, 1.807) is 0 Å². The number of esters is 1. The van der Waals surface area contributed by atoms with Gasteiger partial charge in [-0.2, -0.15) is 0 Å². The van der Waals surface area contributed by atoms with Crippen LogP contribution in [-0.4, -0.2) is 31.2 Å². The minimum atomic E-state index is -0.346. The maximum Gasteiger partial charge on any atom is 0.302 e. The minimum absolute atomic E-state index is 0.265. The van der Waals surface area contributed by atoms with Crippen molar-refractivity contribution in [1.29, 1.82) is 0 Å². The smallest absolute Gasteiger partial charge is 0.302 e. The van der Waals surface area contributed by atoms with E-state index in [1.807, 2.05) is 0 Å². The Hall–Kier alpha value is -1.26. The summed E-state index contributed by atoms with van der Waals surface area (Å²) in [5.41, 5.74) is 8.17. The van der Waals surface area contributed by atoms with Gasteiger partial charge in [-0.25, -0.2) is 0 Å². The first-order valence-corrected chi connectivity index (χ1v) is 3.66. The van der Waals surface area contributed by atoms with Crippen LogP contribution in [0.4, 0.5) is 0 Å². The molecule has 66 valence electrons. The monoisotopic (exact) mass is 170 g/mol. The van der Waals surface area contributed by atoms with Gasteiger partial charge in [-0.3, -0.25) is 4.79 Å². The summed E-state index contributed by atoms with van der Waals surface area (Å²) < 4.78 is 4.91. The molecule has 0 aromatic rings. The lowest BCUT2D eigenvalue weighted by atomic mass is 10.2. The van der Waals surface area contributed by atoms with Gasteiger partial charge in [0.1, 0.15) is 6.10 Å². The molecule has 0 aromatic carbocycles. The van der Waals surface area contributed by atoms with Crippen LogP contribution in [0.1, 0.15) is 6.92 Å². The van der Waals surface area contributed by atoms with Crippen LogP contribution in [0.5, 0.6) is 0 Å². The van der Waals surface area contributed by atoms with Crippen LogP contribution >= 0.6 is 0 Å². The third-order valence-electron chi connectivity index (χ3n) is 1.65. The molecular formula is C6H10N4O2. The van der Waals surface area contributed by atoms with Crippen LogP contribution in [0.25, 0.3) is 10.4 Å². The van der Waals surface area contributed by atoms with Gasteiger partial charge in [0, 0.05) is 24.9 Å². The van der Waals surface area contributed by atoms with Gasteiger partial charge >= 0.3 is 5.97 Å². The molecule has 0 spiro atoms. The van der Waals surface area contributed by atoms with Crippen molar-refractivity contribution in [3.8, 4) is 0 Å². The normalized spacial score (nSPS) is 27.8. The number of rotatable bonds is 2. The van der Waals surface area contributed by atoms with E-state index in [0.717, 1.165) is 0 Å². The number of ether oxygens (including phenoxy) is 1. The maximum absolute atomic E-state index is 10.6. The first-order chi connectivity index (χ1) is 5.74. The number of nitrogens with one attached hydrogen (secondary N) is 1. The summed E-state index contributed by atoms with van der Waals surface area (Å²) in [4.78, 5) is 13.2. The Morgan fingerprint density at radius 3 is 3.08 bits per heavy atom. The molecule has 1 heterocycles. The highest BCUT2D eigenvalue weighted by atomic mass is 16.5. The number of hydrogen-bond donors (Lipinski definition) is 1. The zero-order valence-electron chi connectivity index (χ0n) is 6.73. The minimum Gasteiger partial charge on any atom is -0.461 e. The molecule has 0 saturated carbocycles. The largest absolute Gasteiger partial charge is 0.461 e. The van der Waals surface area contributed by atoms with E-state index in [9.17, 15) is 4.79 Å². The van der Waals surface area contributed by atoms with Crippen LogP contribution < -0.4 is 5.32 Å². The summed E-state index contributed by atoms with van der Waals surface area (Å²) in [5.74, 6) is -0.346. The number of nitrogens with zero attached hydrogens (tertiary/aromatic N) is 3. The van der Waals surface area contributed by atoms with E-state index in [-0.39, 0.29) is 18.1 Å². The van der Waals surface area contributed by atoms with Crippen molar-refractivity contribution in [3.05, 3.63) is 10.4 Å². The van der Waals surface area contributed by atoms with E-state index in [4.69, 9.17) is 10.3 Å². The van der Waals surface area contributed by atoms with Crippen LogP contribution in [0, 0.1) is 0 Å². The zero-order valence-corrected chi connectivity index (χ0v) is 6.73. The van der Waals surface area contributed by atoms with Crippen molar-refractivity contribution in [2.45, 2.75) is 19.1 Å². The number of carbonyl (C=O) groups excluding carboxylic acids is 1. The van der Waals surface area contributed by atoms with Crippen molar-refractivity contribution in [3.63, 3.8) is 0 Å². The summed E-state index contributed by atoms with van der Waals surface area (Å²) in [6, 6.07) is -0.265. The van der Waals surface area contributed by atoms with Crippen molar-refractivity contribution < 1.29 is 9.53 Å². The molecule has 0 aromatic heterocycles. The van der Waals surface area contributed by atoms with Crippen LogP contribution in [0.15, 0.2) is 5.11 Å². The summed E-state index contributed by atoms with van der Waals surface area (Å²) >= 11 is 0. The van der Waals surface area contributed by atoms with Gasteiger partial charge in [0.15, 0.2) is 0 Å². The Morgan fingerprint density at radius 2 is 2.50 bits per heavy atom. The lowest BCUT2D eigenvalue weighted by Gasteiger charge is -2.12. The van der Waals surface area contributed by atoms with Gasteiger partial charge in [-0.1, -0.05) is 5.11 Å². The highest BCUT2D eigenvalue weighted by molar-refractivity contribution is 5.66. The van der Waals surface area contributed by atoms with Crippen molar-refractivity contribution in [1.82, 2.24) is 5.32 Å². The molecule has 1 saturated heterocycles. The van der Waals surface area contributed by atoms with Gasteiger partial charge < -0.3 is 10.1 Å². The Labute approximate surface area is 69.5 Å². The molecule has 0 amide bonds. The summed E-state index contributed by atoms with van der Waals surface area (Å²) in [7, 11) is 0. The first kappa shape index (κ1) is 8.83. The van der Waals surface area contributed by atoms with Gasteiger partial charge in [-0.05, 0) is 5.53 Å². The highest BCUT2D eigenvalue weighted by Gasteiger charge is 2.28. The average molecular weight is 170 g/mol. The maximum atomic E-state index is 10.6. The summed E-state index contributed by atoms with van der Waals surface area (Å²) in [5, 5.41) is 6.47. The highest BCUT2D eigenvalue weighted by Crippen LogP contribution is 2.09. The molecule has 1 aliphatic rings. The number of hydrogen-bond acceptors (Lipinski definition) is 4. The number of azide groups is 1. The second-order valence-electron chi connectivity index (χ2n) is 2.58. The molecule has 0 bridgehead atoms. The Morgan fingerprint density at radius 1 is 1.75 bits per heavy atom. The lowest BCUT2D eigenvalue weighted by Crippen LogP contribution is -2.27. The summed E-state index contributed by atoms with van der Waals surface area (Å²) in [6.45, 7) is 2.47. The molecule has 1 aliphatic heterocycles. The Kier molecular flexibility index (Phi) is 2.90. The fourth-order valence-corrected chi connectivity index (χ4v) is 1.16. The predicted octanol–water partition coefficient (Wildman–Crippen LogP) is 0.200. The van der Waals surface area contributed by atoms with Crippen LogP contribution in [0.3, 0.4) is 0 Å². The molecule has 0 unspecified atom stereocenters. The molecule has 6 nitrogen and oxygen atoms in total. The molecule has 1 rings (SSSR count). The fraction of sp³-hybridized carbons (Fsp3) is 0.833. The second-order valence-corrected chi connectivity index (χ2v) is 2.58. The third kappa shape index (κ3) is 2.11. The molecular weight excluding hydrogens is 160 g/mol. The molecule has 12 heavy (non-hydrogen) atoms. The second kappa shape index (κ2) is 3.94. The molecule has 0 aliphatic carbocycles. The standard InChI is InChI=1S/C6H10N4O2/c1-4(11)12-6-3-8-2-5(6)9-10-7/h5-6,8H,2-3H2,1H3/t5-,6+/m0/s1. The van der Waals surface area contributed by atoms with Gasteiger partial charge in [-0.15, -0.1) is 0 Å².